The third kappa shape index (κ3) is 4.44. The van der Waals surface area contributed by atoms with Gasteiger partial charge < -0.3 is 14.2 Å². The van der Waals surface area contributed by atoms with Crippen molar-refractivity contribution in [1.82, 2.24) is 0 Å². The summed E-state index contributed by atoms with van der Waals surface area (Å²) in [6.45, 7) is 0. The van der Waals surface area contributed by atoms with Crippen LogP contribution in [0.15, 0.2) is 118 Å². The Labute approximate surface area is 180 Å². The van der Waals surface area contributed by atoms with Crippen LogP contribution in [0.2, 0.25) is 0 Å². The molecule has 150 valence electrons. The highest BCUT2D eigenvalue weighted by atomic mass is 32.2. The van der Waals surface area contributed by atoms with E-state index in [1.165, 1.54) is 9.79 Å². The van der Waals surface area contributed by atoms with Gasteiger partial charge in [0.1, 0.15) is 28.1 Å². The number of para-hydroxylation sites is 2. The predicted octanol–water partition coefficient (Wildman–Crippen LogP) is 6.59. The zero-order chi connectivity index (χ0) is 20.8. The van der Waals surface area contributed by atoms with Gasteiger partial charge in [0.25, 0.3) is 0 Å². The summed E-state index contributed by atoms with van der Waals surface area (Å²) in [5.41, 5.74) is 0. The van der Waals surface area contributed by atoms with Crippen molar-refractivity contribution in [2.75, 3.05) is 14.2 Å². The van der Waals surface area contributed by atoms with Crippen molar-refractivity contribution >= 4 is 10.9 Å². The second kappa shape index (κ2) is 9.42. The maximum atomic E-state index is 6.28. The van der Waals surface area contributed by atoms with Crippen LogP contribution in [0, 0.1) is 0 Å². The summed E-state index contributed by atoms with van der Waals surface area (Å²) < 4.78 is 17.0. The van der Waals surface area contributed by atoms with E-state index in [4.69, 9.17) is 14.2 Å². The Morgan fingerprint density at radius 2 is 1.00 bits per heavy atom. The quantitative estimate of drug-likeness (QED) is 0.319. The largest absolute Gasteiger partial charge is 0.497 e. The molecule has 0 heterocycles. The highest BCUT2D eigenvalue weighted by Crippen LogP contribution is 2.39. The van der Waals surface area contributed by atoms with E-state index in [2.05, 4.69) is 36.4 Å². The Bertz CT molecular complexity index is 1030. The SMILES string of the molecule is COc1ccc([S+](c2ccc(OC)cc2)c2ccccc2Oc2ccccc2)cc1. The van der Waals surface area contributed by atoms with Crippen molar-refractivity contribution in [3.63, 3.8) is 0 Å². The molecule has 0 aliphatic heterocycles. The molecule has 0 aromatic heterocycles. The van der Waals surface area contributed by atoms with Gasteiger partial charge in [0.15, 0.2) is 15.5 Å². The lowest BCUT2D eigenvalue weighted by atomic mass is 10.3. The zero-order valence-electron chi connectivity index (χ0n) is 16.9. The van der Waals surface area contributed by atoms with Gasteiger partial charge in [0.05, 0.1) is 14.2 Å². The van der Waals surface area contributed by atoms with E-state index in [9.17, 15) is 0 Å². The molecule has 0 fully saturated rings. The first-order valence-electron chi connectivity index (χ1n) is 9.63. The molecule has 4 aromatic rings. The Kier molecular flexibility index (Phi) is 6.26. The summed E-state index contributed by atoms with van der Waals surface area (Å²) in [6, 6.07) is 34.6. The number of ether oxygens (including phenoxy) is 3. The average molecular weight is 416 g/mol. The molecule has 0 unspecified atom stereocenters. The summed E-state index contributed by atoms with van der Waals surface area (Å²) in [6.07, 6.45) is 0. The minimum atomic E-state index is -0.356. The first-order valence-corrected chi connectivity index (χ1v) is 10.9. The lowest BCUT2D eigenvalue weighted by Gasteiger charge is -2.13. The van der Waals surface area contributed by atoms with Crippen LogP contribution >= 0.6 is 0 Å². The average Bonchev–Trinajstić information content (AvgIpc) is 2.82. The lowest BCUT2D eigenvalue weighted by molar-refractivity contribution is 0.414. The third-order valence-corrected chi connectivity index (χ3v) is 6.89. The van der Waals surface area contributed by atoms with Crippen LogP contribution in [0.25, 0.3) is 0 Å². The van der Waals surface area contributed by atoms with E-state index in [0.717, 1.165) is 27.9 Å². The molecule has 0 spiro atoms. The molecule has 30 heavy (non-hydrogen) atoms. The fraction of sp³-hybridized carbons (Fsp3) is 0.0769. The molecule has 4 heteroatoms. The highest BCUT2D eigenvalue weighted by Gasteiger charge is 2.32. The molecular formula is C26H23O3S+. The Hall–Kier alpha value is -3.37. The van der Waals surface area contributed by atoms with Gasteiger partial charge in [-0.15, -0.1) is 0 Å². The van der Waals surface area contributed by atoms with E-state index in [0.29, 0.717) is 0 Å². The van der Waals surface area contributed by atoms with Gasteiger partial charge in [0, 0.05) is 0 Å². The van der Waals surface area contributed by atoms with Crippen LogP contribution in [-0.4, -0.2) is 14.2 Å². The second-order valence-corrected chi connectivity index (χ2v) is 8.51. The highest BCUT2D eigenvalue weighted by molar-refractivity contribution is 7.97. The molecule has 0 atom stereocenters. The van der Waals surface area contributed by atoms with E-state index in [1.54, 1.807) is 14.2 Å². The summed E-state index contributed by atoms with van der Waals surface area (Å²) >= 11 is 0. The van der Waals surface area contributed by atoms with Gasteiger partial charge in [0.2, 0.25) is 4.90 Å². The van der Waals surface area contributed by atoms with E-state index in [1.807, 2.05) is 66.7 Å². The topological polar surface area (TPSA) is 27.7 Å². The van der Waals surface area contributed by atoms with Gasteiger partial charge in [-0.3, -0.25) is 0 Å². The number of benzene rings is 4. The Morgan fingerprint density at radius 1 is 0.500 bits per heavy atom. The van der Waals surface area contributed by atoms with Crippen molar-refractivity contribution in [3.05, 3.63) is 103 Å². The van der Waals surface area contributed by atoms with Crippen LogP contribution in [0.5, 0.6) is 23.0 Å². The molecule has 4 aromatic carbocycles. The zero-order valence-corrected chi connectivity index (χ0v) is 17.8. The smallest absolute Gasteiger partial charge is 0.208 e. The molecule has 3 nitrogen and oxygen atoms in total. The number of methoxy groups -OCH3 is 2. The Morgan fingerprint density at radius 3 is 1.53 bits per heavy atom. The summed E-state index contributed by atoms with van der Waals surface area (Å²) in [7, 11) is 3.01. The molecule has 0 aliphatic carbocycles. The van der Waals surface area contributed by atoms with Crippen molar-refractivity contribution < 1.29 is 14.2 Å². The molecule has 0 saturated heterocycles. The second-order valence-electron chi connectivity index (χ2n) is 6.52. The van der Waals surface area contributed by atoms with Crippen molar-refractivity contribution in [2.45, 2.75) is 14.7 Å². The van der Waals surface area contributed by atoms with Gasteiger partial charge in [-0.2, -0.15) is 0 Å². The van der Waals surface area contributed by atoms with E-state index >= 15 is 0 Å². The van der Waals surface area contributed by atoms with Crippen molar-refractivity contribution in [2.24, 2.45) is 0 Å². The number of hydrogen-bond acceptors (Lipinski definition) is 3. The minimum absolute atomic E-state index is 0.356. The maximum absolute atomic E-state index is 6.28. The molecule has 4 rings (SSSR count). The van der Waals surface area contributed by atoms with Crippen molar-refractivity contribution in [1.29, 1.82) is 0 Å². The molecular weight excluding hydrogens is 392 g/mol. The minimum Gasteiger partial charge on any atom is -0.497 e. The van der Waals surface area contributed by atoms with Crippen LogP contribution in [-0.2, 0) is 10.9 Å². The van der Waals surface area contributed by atoms with Gasteiger partial charge in [-0.25, -0.2) is 0 Å². The number of rotatable bonds is 7. The molecule has 0 N–H and O–H groups in total. The first-order chi connectivity index (χ1) is 14.8. The molecule has 0 radical (unpaired) electrons. The van der Waals surface area contributed by atoms with Gasteiger partial charge in [-0.1, -0.05) is 30.3 Å². The van der Waals surface area contributed by atoms with Crippen LogP contribution < -0.4 is 14.2 Å². The summed E-state index contributed by atoms with van der Waals surface area (Å²) in [4.78, 5) is 3.49. The maximum Gasteiger partial charge on any atom is 0.208 e. The third-order valence-electron chi connectivity index (χ3n) is 4.63. The van der Waals surface area contributed by atoms with Crippen LogP contribution in [0.4, 0.5) is 0 Å². The summed E-state index contributed by atoms with van der Waals surface area (Å²) in [5, 5.41) is 0. The van der Waals surface area contributed by atoms with E-state index in [-0.39, 0.29) is 10.9 Å². The summed E-state index contributed by atoms with van der Waals surface area (Å²) in [5.74, 6) is 3.34. The van der Waals surface area contributed by atoms with Crippen molar-refractivity contribution in [3.8, 4) is 23.0 Å². The van der Waals surface area contributed by atoms with E-state index < -0.39 is 0 Å². The fourth-order valence-electron chi connectivity index (χ4n) is 3.13. The Balaban J connectivity index is 1.81. The fourth-order valence-corrected chi connectivity index (χ4v) is 5.25. The van der Waals surface area contributed by atoms with Gasteiger partial charge >= 0.3 is 0 Å². The molecule has 0 bridgehead atoms. The van der Waals surface area contributed by atoms with Crippen LogP contribution in [0.1, 0.15) is 0 Å². The van der Waals surface area contributed by atoms with Gasteiger partial charge in [-0.05, 0) is 72.8 Å². The standard InChI is InChI=1S/C26H23O3S/c1-27-20-12-16-23(17-13-20)30(24-18-14-21(28-2)15-19-24)26-11-7-6-10-25(26)29-22-8-4-3-5-9-22/h3-19H,1-2H3/q+1. The van der Waals surface area contributed by atoms with Crippen LogP contribution in [0.3, 0.4) is 0 Å². The number of hydrogen-bond donors (Lipinski definition) is 0. The normalized spacial score (nSPS) is 10.6. The molecule has 0 saturated carbocycles. The lowest BCUT2D eigenvalue weighted by Crippen LogP contribution is -2.06. The molecule has 0 aliphatic rings. The first kappa shape index (κ1) is 19.9. The predicted molar refractivity (Wildman–Crippen MR) is 121 cm³/mol. The monoisotopic (exact) mass is 415 g/mol. The molecule has 0 amide bonds.